The fraction of sp³-hybridized carbons (Fsp3) is 0.333. The van der Waals surface area contributed by atoms with Gasteiger partial charge < -0.3 is 10.0 Å². The molecule has 0 bridgehead atoms. The van der Waals surface area contributed by atoms with E-state index in [-0.39, 0.29) is 24.2 Å². The number of carboxylic acid groups (broad SMARTS) is 1. The van der Waals surface area contributed by atoms with Gasteiger partial charge in [0, 0.05) is 12.2 Å². The summed E-state index contributed by atoms with van der Waals surface area (Å²) in [5, 5.41) is 9.04. The zero-order valence-electron chi connectivity index (χ0n) is 9.65. The first kappa shape index (κ1) is 13.4. The fourth-order valence-corrected chi connectivity index (χ4v) is 2.18. The predicted octanol–water partition coefficient (Wildman–Crippen LogP) is 2.15. The van der Waals surface area contributed by atoms with Gasteiger partial charge in [-0.15, -0.1) is 0 Å². The maximum Gasteiger partial charge on any atom is 0.471 e. The van der Waals surface area contributed by atoms with Crippen LogP contribution in [0.3, 0.4) is 0 Å². The van der Waals surface area contributed by atoms with E-state index in [2.05, 4.69) is 0 Å². The van der Waals surface area contributed by atoms with Gasteiger partial charge in [0.1, 0.15) is 0 Å². The van der Waals surface area contributed by atoms with E-state index in [1.165, 1.54) is 24.3 Å². The van der Waals surface area contributed by atoms with E-state index in [0.717, 1.165) is 0 Å². The molecule has 0 aromatic heterocycles. The van der Waals surface area contributed by atoms with Gasteiger partial charge >= 0.3 is 18.1 Å². The Labute approximate surface area is 106 Å². The van der Waals surface area contributed by atoms with Crippen molar-refractivity contribution < 1.29 is 27.9 Å². The summed E-state index contributed by atoms with van der Waals surface area (Å²) in [5.74, 6) is -3.95. The Morgan fingerprint density at radius 1 is 1.26 bits per heavy atom. The Morgan fingerprint density at radius 3 is 2.47 bits per heavy atom. The van der Waals surface area contributed by atoms with E-state index in [1.807, 2.05) is 0 Å². The summed E-state index contributed by atoms with van der Waals surface area (Å²) >= 11 is 0. The summed E-state index contributed by atoms with van der Waals surface area (Å²) in [6.45, 7) is -0.258. The van der Waals surface area contributed by atoms with Crippen LogP contribution in [0.4, 0.5) is 18.9 Å². The highest BCUT2D eigenvalue weighted by Gasteiger charge is 2.45. The summed E-state index contributed by atoms with van der Waals surface area (Å²) in [6.07, 6.45) is -5.00. The number of anilines is 1. The molecule has 19 heavy (non-hydrogen) atoms. The van der Waals surface area contributed by atoms with Crippen LogP contribution in [0.5, 0.6) is 0 Å². The van der Waals surface area contributed by atoms with Gasteiger partial charge in [-0.2, -0.15) is 13.2 Å². The largest absolute Gasteiger partial charge is 0.481 e. The minimum atomic E-state index is -4.97. The Bertz CT molecular complexity index is 527. The fourth-order valence-electron chi connectivity index (χ4n) is 2.18. The second-order valence-corrected chi connectivity index (χ2v) is 4.19. The molecule has 7 heteroatoms. The minimum Gasteiger partial charge on any atom is -0.481 e. The number of fused-ring (bicyclic) bond motifs is 1. The highest BCUT2D eigenvalue weighted by atomic mass is 19.4. The van der Waals surface area contributed by atoms with Gasteiger partial charge in [0.2, 0.25) is 0 Å². The summed E-state index contributed by atoms with van der Waals surface area (Å²) in [4.78, 5) is 23.0. The van der Waals surface area contributed by atoms with Crippen LogP contribution in [0.2, 0.25) is 0 Å². The van der Waals surface area contributed by atoms with Crippen LogP contribution >= 0.6 is 0 Å². The molecule has 102 valence electrons. The molecule has 1 N–H and O–H groups in total. The maximum atomic E-state index is 12.5. The van der Waals surface area contributed by atoms with E-state index in [0.29, 0.717) is 4.90 Å². The number of hydrogen-bond acceptors (Lipinski definition) is 2. The third kappa shape index (κ3) is 2.40. The van der Waals surface area contributed by atoms with Gasteiger partial charge in [0.05, 0.1) is 5.92 Å². The van der Waals surface area contributed by atoms with Crippen LogP contribution < -0.4 is 4.90 Å². The number of hydrogen-bond donors (Lipinski definition) is 1. The number of aliphatic carboxylic acids is 1. The molecule has 0 fully saturated rings. The number of halogens is 3. The van der Waals surface area contributed by atoms with Gasteiger partial charge in [0.25, 0.3) is 0 Å². The van der Waals surface area contributed by atoms with E-state index in [4.69, 9.17) is 5.11 Å². The molecular weight excluding hydrogens is 263 g/mol. The quantitative estimate of drug-likeness (QED) is 0.853. The van der Waals surface area contributed by atoms with E-state index in [9.17, 15) is 22.8 Å². The lowest BCUT2D eigenvalue weighted by Crippen LogP contribution is -2.45. The van der Waals surface area contributed by atoms with Crippen LogP contribution in [-0.4, -0.2) is 29.7 Å². The first-order valence-electron chi connectivity index (χ1n) is 5.53. The number of alkyl halides is 3. The summed E-state index contributed by atoms with van der Waals surface area (Å²) in [7, 11) is 0. The molecule has 0 radical (unpaired) electrons. The number of carboxylic acids is 1. The van der Waals surface area contributed by atoms with E-state index >= 15 is 0 Å². The van der Waals surface area contributed by atoms with Crippen molar-refractivity contribution in [1.29, 1.82) is 0 Å². The molecule has 0 saturated carbocycles. The molecular formula is C12H10F3NO3. The Hall–Kier alpha value is -2.05. The Kier molecular flexibility index (Phi) is 3.21. The molecule has 1 aromatic carbocycles. The van der Waals surface area contributed by atoms with Crippen molar-refractivity contribution in [2.75, 3.05) is 11.4 Å². The average molecular weight is 273 g/mol. The summed E-state index contributed by atoms with van der Waals surface area (Å²) < 4.78 is 37.4. The van der Waals surface area contributed by atoms with Gasteiger partial charge in [-0.3, -0.25) is 9.59 Å². The van der Waals surface area contributed by atoms with Gasteiger partial charge in [-0.1, -0.05) is 18.2 Å². The SMILES string of the molecule is O=C(O)C1CCN(C(=O)C(F)(F)F)c2ccccc21. The number of carbonyl (C=O) groups excluding carboxylic acids is 1. The van der Waals surface area contributed by atoms with Crippen molar-refractivity contribution in [3.05, 3.63) is 29.8 Å². The lowest BCUT2D eigenvalue weighted by atomic mass is 9.90. The highest BCUT2D eigenvalue weighted by molar-refractivity contribution is 5.99. The van der Waals surface area contributed by atoms with Gasteiger partial charge in [-0.05, 0) is 18.1 Å². The number of benzene rings is 1. The molecule has 0 spiro atoms. The van der Waals surface area contributed by atoms with Gasteiger partial charge in [0.15, 0.2) is 0 Å². The van der Waals surface area contributed by atoms with Crippen molar-refractivity contribution in [3.63, 3.8) is 0 Å². The molecule has 1 heterocycles. The van der Waals surface area contributed by atoms with E-state index in [1.54, 1.807) is 0 Å². The van der Waals surface area contributed by atoms with Crippen molar-refractivity contribution in [2.24, 2.45) is 0 Å². The number of amides is 1. The van der Waals surface area contributed by atoms with Crippen LogP contribution in [0.15, 0.2) is 24.3 Å². The summed E-state index contributed by atoms with van der Waals surface area (Å²) in [6, 6.07) is 5.77. The normalized spacial score (nSPS) is 18.9. The van der Waals surface area contributed by atoms with Crippen molar-refractivity contribution >= 4 is 17.6 Å². The monoisotopic (exact) mass is 273 g/mol. The van der Waals surface area contributed by atoms with E-state index < -0.39 is 24.0 Å². The Balaban J connectivity index is 2.44. The topological polar surface area (TPSA) is 57.6 Å². The van der Waals surface area contributed by atoms with Crippen LogP contribution in [0.1, 0.15) is 17.9 Å². The lowest BCUT2D eigenvalue weighted by Gasteiger charge is -2.32. The molecule has 1 aliphatic heterocycles. The predicted molar refractivity (Wildman–Crippen MR) is 59.8 cm³/mol. The highest BCUT2D eigenvalue weighted by Crippen LogP contribution is 2.37. The van der Waals surface area contributed by atoms with Crippen molar-refractivity contribution in [2.45, 2.75) is 18.5 Å². The molecule has 4 nitrogen and oxygen atoms in total. The second-order valence-electron chi connectivity index (χ2n) is 4.19. The number of para-hydroxylation sites is 1. The van der Waals surface area contributed by atoms with Crippen molar-refractivity contribution in [3.8, 4) is 0 Å². The third-order valence-electron chi connectivity index (χ3n) is 3.03. The molecule has 1 aliphatic rings. The van der Waals surface area contributed by atoms with Crippen LogP contribution in [0.25, 0.3) is 0 Å². The first-order valence-corrected chi connectivity index (χ1v) is 5.53. The van der Waals surface area contributed by atoms with Crippen LogP contribution in [-0.2, 0) is 9.59 Å². The third-order valence-corrected chi connectivity index (χ3v) is 3.03. The zero-order valence-corrected chi connectivity index (χ0v) is 9.65. The Morgan fingerprint density at radius 2 is 1.89 bits per heavy atom. The molecule has 1 unspecified atom stereocenters. The first-order chi connectivity index (χ1) is 8.82. The molecule has 1 atom stereocenters. The number of rotatable bonds is 1. The molecule has 0 aliphatic carbocycles. The number of carbonyl (C=O) groups is 2. The van der Waals surface area contributed by atoms with Crippen molar-refractivity contribution in [1.82, 2.24) is 0 Å². The minimum absolute atomic E-state index is 0.0171. The number of nitrogens with zero attached hydrogens (tertiary/aromatic N) is 1. The van der Waals surface area contributed by atoms with Crippen LogP contribution in [0, 0.1) is 0 Å². The average Bonchev–Trinajstić information content (AvgIpc) is 2.35. The van der Waals surface area contributed by atoms with Gasteiger partial charge in [-0.25, -0.2) is 0 Å². The lowest BCUT2D eigenvalue weighted by molar-refractivity contribution is -0.170. The molecule has 0 saturated heterocycles. The molecule has 1 aromatic rings. The smallest absolute Gasteiger partial charge is 0.471 e. The second kappa shape index (κ2) is 4.56. The standard InChI is InChI=1S/C12H10F3NO3/c13-12(14,15)11(19)16-6-5-8(10(17)18)7-3-1-2-4-9(7)16/h1-4,8H,5-6H2,(H,17,18). The molecule has 1 amide bonds. The molecule has 2 rings (SSSR count). The zero-order chi connectivity index (χ0) is 14.2. The maximum absolute atomic E-state index is 12.5. The summed E-state index contributed by atoms with van der Waals surface area (Å²) in [5.41, 5.74) is 0.252.